The molecule has 2 aromatic heterocycles. The molecule has 0 aliphatic rings. The molecule has 2 heterocycles. The standard InChI is InChI=1S/C6H6N4.C2H6/c1-5-8-9-6-3-2-4-7-10(5)6;1-2/h2-4H,1H3;1-2H3. The zero-order valence-electron chi connectivity index (χ0n) is 7.52. The normalized spacial score (nSPS) is 9.25. The molecule has 4 heteroatoms. The second-order valence-electron chi connectivity index (χ2n) is 2.04. The maximum atomic E-state index is 4.03. The fourth-order valence-corrected chi connectivity index (χ4v) is 0.855. The zero-order chi connectivity index (χ0) is 8.97. The molecule has 0 N–H and O–H groups in total. The van der Waals surface area contributed by atoms with Gasteiger partial charge in [0.1, 0.15) is 0 Å². The van der Waals surface area contributed by atoms with Crippen molar-refractivity contribution in [3.63, 3.8) is 0 Å². The van der Waals surface area contributed by atoms with Crippen molar-refractivity contribution in [2.24, 2.45) is 0 Å². The molecule has 0 amide bonds. The molecule has 2 aromatic rings. The van der Waals surface area contributed by atoms with Gasteiger partial charge in [0.05, 0.1) is 0 Å². The number of aryl methyl sites for hydroxylation is 1. The van der Waals surface area contributed by atoms with Crippen LogP contribution in [0.1, 0.15) is 19.7 Å². The molecule has 12 heavy (non-hydrogen) atoms. The van der Waals surface area contributed by atoms with E-state index in [4.69, 9.17) is 0 Å². The van der Waals surface area contributed by atoms with Crippen LogP contribution in [0.3, 0.4) is 0 Å². The maximum Gasteiger partial charge on any atom is 0.177 e. The predicted octanol–water partition coefficient (Wildman–Crippen LogP) is 1.46. The van der Waals surface area contributed by atoms with E-state index in [2.05, 4.69) is 15.3 Å². The van der Waals surface area contributed by atoms with Gasteiger partial charge >= 0.3 is 0 Å². The van der Waals surface area contributed by atoms with E-state index in [1.807, 2.05) is 32.9 Å². The van der Waals surface area contributed by atoms with Crippen molar-refractivity contribution in [2.75, 3.05) is 0 Å². The van der Waals surface area contributed by atoms with Gasteiger partial charge in [-0.2, -0.15) is 9.61 Å². The number of aromatic nitrogens is 4. The van der Waals surface area contributed by atoms with Crippen LogP contribution in [0.4, 0.5) is 0 Å². The number of hydrogen-bond donors (Lipinski definition) is 0. The minimum atomic E-state index is 0.792. The van der Waals surface area contributed by atoms with E-state index < -0.39 is 0 Å². The molecule has 64 valence electrons. The Morgan fingerprint density at radius 3 is 2.67 bits per heavy atom. The van der Waals surface area contributed by atoms with Crippen LogP contribution in [0.15, 0.2) is 18.3 Å². The van der Waals surface area contributed by atoms with E-state index in [1.54, 1.807) is 10.7 Å². The molecule has 0 fully saturated rings. The van der Waals surface area contributed by atoms with E-state index in [9.17, 15) is 0 Å². The van der Waals surface area contributed by atoms with Crippen LogP contribution in [0, 0.1) is 6.92 Å². The van der Waals surface area contributed by atoms with Crippen molar-refractivity contribution >= 4 is 5.65 Å². The van der Waals surface area contributed by atoms with E-state index >= 15 is 0 Å². The molecule has 0 radical (unpaired) electrons. The van der Waals surface area contributed by atoms with Gasteiger partial charge in [0.15, 0.2) is 11.5 Å². The van der Waals surface area contributed by atoms with Gasteiger partial charge in [-0.25, -0.2) is 0 Å². The van der Waals surface area contributed by atoms with Crippen molar-refractivity contribution in [1.29, 1.82) is 0 Å². The molecule has 0 aliphatic heterocycles. The highest BCUT2D eigenvalue weighted by atomic mass is 15.4. The summed E-state index contributed by atoms with van der Waals surface area (Å²) in [7, 11) is 0. The molecular weight excluding hydrogens is 152 g/mol. The number of hydrogen-bond acceptors (Lipinski definition) is 3. The van der Waals surface area contributed by atoms with Crippen LogP contribution in [0.25, 0.3) is 5.65 Å². The fourth-order valence-electron chi connectivity index (χ4n) is 0.855. The summed E-state index contributed by atoms with van der Waals surface area (Å²) < 4.78 is 1.69. The lowest BCUT2D eigenvalue weighted by Crippen LogP contribution is -1.91. The molecule has 0 bridgehead atoms. The third-order valence-electron chi connectivity index (χ3n) is 1.33. The summed E-state index contributed by atoms with van der Waals surface area (Å²) in [6.45, 7) is 5.87. The third kappa shape index (κ3) is 1.42. The van der Waals surface area contributed by atoms with Gasteiger partial charge in [0.25, 0.3) is 0 Å². The lowest BCUT2D eigenvalue weighted by atomic mass is 10.5. The van der Waals surface area contributed by atoms with Gasteiger partial charge in [0, 0.05) is 6.20 Å². The second-order valence-corrected chi connectivity index (χ2v) is 2.04. The lowest BCUT2D eigenvalue weighted by Gasteiger charge is -1.87. The molecule has 0 spiro atoms. The van der Waals surface area contributed by atoms with Crippen molar-refractivity contribution < 1.29 is 0 Å². The van der Waals surface area contributed by atoms with Gasteiger partial charge < -0.3 is 0 Å². The molecule has 4 nitrogen and oxygen atoms in total. The van der Waals surface area contributed by atoms with Gasteiger partial charge in [-0.1, -0.05) is 13.8 Å². The predicted molar refractivity (Wildman–Crippen MR) is 46.9 cm³/mol. The Labute approximate surface area is 71.2 Å². The SMILES string of the molecule is CC.Cc1nnc2cccnn12. The van der Waals surface area contributed by atoms with E-state index in [0.717, 1.165) is 11.5 Å². The van der Waals surface area contributed by atoms with Crippen LogP contribution < -0.4 is 0 Å². The number of nitrogens with zero attached hydrogens (tertiary/aromatic N) is 4. The third-order valence-corrected chi connectivity index (χ3v) is 1.33. The number of fused-ring (bicyclic) bond motifs is 1. The summed E-state index contributed by atoms with van der Waals surface area (Å²) in [6, 6.07) is 3.70. The first-order valence-electron chi connectivity index (χ1n) is 4.01. The Bertz CT molecular complexity index is 353. The van der Waals surface area contributed by atoms with E-state index in [1.165, 1.54) is 0 Å². The smallest absolute Gasteiger partial charge is 0.177 e. The average molecular weight is 164 g/mol. The Morgan fingerprint density at radius 1 is 1.25 bits per heavy atom. The summed E-state index contributed by atoms with van der Waals surface area (Å²) in [4.78, 5) is 0. The topological polar surface area (TPSA) is 43.1 Å². The van der Waals surface area contributed by atoms with Gasteiger partial charge in [0.2, 0.25) is 0 Å². The van der Waals surface area contributed by atoms with Gasteiger partial charge in [-0.3, -0.25) is 0 Å². The van der Waals surface area contributed by atoms with Crippen LogP contribution in [0.2, 0.25) is 0 Å². The first-order valence-corrected chi connectivity index (χ1v) is 4.01. The Kier molecular flexibility index (Phi) is 2.74. The van der Waals surface area contributed by atoms with Gasteiger partial charge in [-0.05, 0) is 19.1 Å². The average Bonchev–Trinajstić information content (AvgIpc) is 2.53. The summed E-state index contributed by atoms with van der Waals surface area (Å²) >= 11 is 0. The molecule has 0 aromatic carbocycles. The number of rotatable bonds is 0. The minimum absolute atomic E-state index is 0.792. The Balaban J connectivity index is 0.000000336. The first kappa shape index (κ1) is 8.64. The van der Waals surface area contributed by atoms with Crippen molar-refractivity contribution in [3.8, 4) is 0 Å². The summed E-state index contributed by atoms with van der Waals surface area (Å²) in [5.74, 6) is 0.815. The highest BCUT2D eigenvalue weighted by Crippen LogP contribution is 1.96. The van der Waals surface area contributed by atoms with Crippen LogP contribution >= 0.6 is 0 Å². The van der Waals surface area contributed by atoms with Crippen molar-refractivity contribution in [3.05, 3.63) is 24.2 Å². The van der Waals surface area contributed by atoms with Crippen molar-refractivity contribution in [2.45, 2.75) is 20.8 Å². The minimum Gasteiger partial charge on any atom is -0.198 e. The second kappa shape index (κ2) is 3.80. The quantitative estimate of drug-likeness (QED) is 0.592. The summed E-state index contributed by atoms with van der Waals surface area (Å²) in [6.07, 6.45) is 1.71. The molecule has 0 saturated carbocycles. The fraction of sp³-hybridized carbons (Fsp3) is 0.375. The van der Waals surface area contributed by atoms with E-state index in [0.29, 0.717) is 0 Å². The molecule has 0 unspecified atom stereocenters. The summed E-state index contributed by atoms with van der Waals surface area (Å²) in [5.41, 5.74) is 0.792. The molecule has 0 atom stereocenters. The lowest BCUT2D eigenvalue weighted by molar-refractivity contribution is 0.875. The molecule has 2 rings (SSSR count). The zero-order valence-corrected chi connectivity index (χ0v) is 7.52. The Morgan fingerprint density at radius 2 is 2.00 bits per heavy atom. The highest BCUT2D eigenvalue weighted by molar-refractivity contribution is 5.34. The first-order chi connectivity index (χ1) is 5.88. The maximum absolute atomic E-state index is 4.03. The van der Waals surface area contributed by atoms with Crippen LogP contribution in [0.5, 0.6) is 0 Å². The van der Waals surface area contributed by atoms with Gasteiger partial charge in [-0.15, -0.1) is 10.2 Å². The molecule has 0 saturated heterocycles. The van der Waals surface area contributed by atoms with Crippen LogP contribution in [-0.2, 0) is 0 Å². The summed E-state index contributed by atoms with van der Waals surface area (Å²) in [5, 5.41) is 11.7. The molecule has 0 aliphatic carbocycles. The van der Waals surface area contributed by atoms with Crippen LogP contribution in [-0.4, -0.2) is 19.8 Å². The largest absolute Gasteiger partial charge is 0.198 e. The van der Waals surface area contributed by atoms with E-state index in [-0.39, 0.29) is 0 Å². The highest BCUT2D eigenvalue weighted by Gasteiger charge is 1.96. The Hall–Kier alpha value is -1.45. The van der Waals surface area contributed by atoms with Crippen molar-refractivity contribution in [1.82, 2.24) is 19.8 Å². The monoisotopic (exact) mass is 164 g/mol. The molecular formula is C8H12N4.